The number of rotatable bonds is 4. The molecule has 1 aromatic carbocycles. The van der Waals surface area contributed by atoms with Gasteiger partial charge in [0, 0.05) is 41.4 Å². The average Bonchev–Trinajstić information content (AvgIpc) is 2.82. The van der Waals surface area contributed by atoms with Gasteiger partial charge in [-0.1, -0.05) is 18.2 Å². The summed E-state index contributed by atoms with van der Waals surface area (Å²) in [5, 5.41) is 0.925. The molecule has 5 nitrogen and oxygen atoms in total. The molecule has 0 saturated carbocycles. The molecule has 0 amide bonds. The molecule has 0 aliphatic rings. The molecule has 0 aliphatic carbocycles. The van der Waals surface area contributed by atoms with Gasteiger partial charge in [0.2, 0.25) is 0 Å². The number of hydrogen-bond acceptors (Lipinski definition) is 5. The highest BCUT2D eigenvalue weighted by molar-refractivity contribution is 5.89. The standard InChI is InChI=1S/C26H20N4O/c1-17-14-25(26(30-18(17)2)23-7-3-4-12-28-23)31-24-10-13-29-22-9-8-19(15-21(22)24)20-6-5-11-27-16-20/h3-16H,1-2H3. The van der Waals surface area contributed by atoms with Gasteiger partial charge in [0.05, 0.1) is 11.2 Å². The van der Waals surface area contributed by atoms with E-state index >= 15 is 0 Å². The van der Waals surface area contributed by atoms with Crippen LogP contribution in [-0.2, 0) is 0 Å². The molecule has 5 heteroatoms. The highest BCUT2D eigenvalue weighted by Crippen LogP contribution is 2.36. The number of nitrogens with zero attached hydrogens (tertiary/aromatic N) is 4. The zero-order chi connectivity index (χ0) is 21.2. The fourth-order valence-electron chi connectivity index (χ4n) is 3.49. The quantitative estimate of drug-likeness (QED) is 0.359. The summed E-state index contributed by atoms with van der Waals surface area (Å²) in [6, 6.07) is 19.8. The highest BCUT2D eigenvalue weighted by atomic mass is 16.5. The van der Waals surface area contributed by atoms with Crippen molar-refractivity contribution < 1.29 is 4.74 Å². The highest BCUT2D eigenvalue weighted by Gasteiger charge is 2.15. The van der Waals surface area contributed by atoms with Crippen molar-refractivity contribution in [2.75, 3.05) is 0 Å². The van der Waals surface area contributed by atoms with Gasteiger partial charge in [-0.05, 0) is 67.4 Å². The van der Waals surface area contributed by atoms with Crippen LogP contribution in [0.4, 0.5) is 0 Å². The maximum atomic E-state index is 6.45. The zero-order valence-corrected chi connectivity index (χ0v) is 17.3. The van der Waals surface area contributed by atoms with Crippen molar-refractivity contribution in [3.05, 3.63) is 96.7 Å². The molecule has 0 saturated heterocycles. The molecule has 0 unspecified atom stereocenters. The van der Waals surface area contributed by atoms with Crippen LogP contribution >= 0.6 is 0 Å². The van der Waals surface area contributed by atoms with Crippen LogP contribution in [0.15, 0.2) is 85.5 Å². The van der Waals surface area contributed by atoms with Gasteiger partial charge < -0.3 is 4.74 Å². The summed E-state index contributed by atoms with van der Waals surface area (Å²) >= 11 is 0. The Morgan fingerprint density at radius 3 is 2.48 bits per heavy atom. The minimum absolute atomic E-state index is 0.668. The molecule has 0 N–H and O–H groups in total. The van der Waals surface area contributed by atoms with E-state index in [9.17, 15) is 0 Å². The number of fused-ring (bicyclic) bond motifs is 1. The lowest BCUT2D eigenvalue weighted by Gasteiger charge is -2.14. The van der Waals surface area contributed by atoms with Gasteiger partial charge in [-0.3, -0.25) is 15.0 Å². The fourth-order valence-corrected chi connectivity index (χ4v) is 3.49. The number of aromatic nitrogens is 4. The topological polar surface area (TPSA) is 60.8 Å². The first-order valence-corrected chi connectivity index (χ1v) is 10.1. The van der Waals surface area contributed by atoms with Crippen molar-refractivity contribution in [1.29, 1.82) is 0 Å². The third-order valence-corrected chi connectivity index (χ3v) is 5.26. The lowest BCUT2D eigenvalue weighted by atomic mass is 10.0. The van der Waals surface area contributed by atoms with E-state index in [1.807, 2.05) is 74.6 Å². The van der Waals surface area contributed by atoms with Crippen LogP contribution in [0.3, 0.4) is 0 Å². The van der Waals surface area contributed by atoms with Crippen LogP contribution in [0, 0.1) is 13.8 Å². The molecule has 0 fully saturated rings. The van der Waals surface area contributed by atoms with Gasteiger partial charge in [0.25, 0.3) is 0 Å². The lowest BCUT2D eigenvalue weighted by Crippen LogP contribution is -1.98. The second-order valence-corrected chi connectivity index (χ2v) is 7.34. The van der Waals surface area contributed by atoms with Crippen molar-refractivity contribution in [3.63, 3.8) is 0 Å². The summed E-state index contributed by atoms with van der Waals surface area (Å²) in [6.45, 7) is 4.02. The Hall–Kier alpha value is -4.12. The molecular formula is C26H20N4O. The summed E-state index contributed by atoms with van der Waals surface area (Å²) in [7, 11) is 0. The summed E-state index contributed by atoms with van der Waals surface area (Å²) in [6.07, 6.45) is 7.14. The second kappa shape index (κ2) is 7.95. The molecule has 5 rings (SSSR count). The van der Waals surface area contributed by atoms with E-state index in [0.717, 1.165) is 50.4 Å². The monoisotopic (exact) mass is 404 g/mol. The third-order valence-electron chi connectivity index (χ3n) is 5.26. The Morgan fingerprint density at radius 2 is 1.68 bits per heavy atom. The van der Waals surface area contributed by atoms with Gasteiger partial charge in [-0.2, -0.15) is 0 Å². The molecular weight excluding hydrogens is 384 g/mol. The van der Waals surface area contributed by atoms with Crippen molar-refractivity contribution >= 4 is 10.9 Å². The molecule has 0 spiro atoms. The predicted molar refractivity (Wildman–Crippen MR) is 122 cm³/mol. The SMILES string of the molecule is Cc1cc(Oc2ccnc3ccc(-c4cccnc4)cc23)c(-c2ccccn2)nc1C. The van der Waals surface area contributed by atoms with Gasteiger partial charge in [0.15, 0.2) is 5.75 Å². The van der Waals surface area contributed by atoms with E-state index in [0.29, 0.717) is 5.75 Å². The van der Waals surface area contributed by atoms with Crippen LogP contribution < -0.4 is 4.74 Å². The maximum Gasteiger partial charge on any atom is 0.155 e. The normalized spacial score (nSPS) is 10.9. The van der Waals surface area contributed by atoms with E-state index in [-0.39, 0.29) is 0 Å². The van der Waals surface area contributed by atoms with E-state index in [1.165, 1.54) is 0 Å². The number of aryl methyl sites for hydroxylation is 2. The summed E-state index contributed by atoms with van der Waals surface area (Å²) in [4.78, 5) is 18.0. The number of hydrogen-bond donors (Lipinski definition) is 0. The fraction of sp³-hybridized carbons (Fsp3) is 0.0769. The Morgan fingerprint density at radius 1 is 0.742 bits per heavy atom. The number of ether oxygens (including phenoxy) is 1. The Labute approximate surface area is 180 Å². The van der Waals surface area contributed by atoms with Crippen molar-refractivity contribution in [3.8, 4) is 34.0 Å². The Bertz CT molecular complexity index is 1370. The Kier molecular flexibility index (Phi) is 4.84. The van der Waals surface area contributed by atoms with Crippen molar-refractivity contribution in [2.45, 2.75) is 13.8 Å². The van der Waals surface area contributed by atoms with Crippen LogP contribution in [0.2, 0.25) is 0 Å². The zero-order valence-electron chi connectivity index (χ0n) is 17.3. The molecule has 5 aromatic rings. The van der Waals surface area contributed by atoms with Gasteiger partial charge in [0.1, 0.15) is 11.4 Å². The second-order valence-electron chi connectivity index (χ2n) is 7.34. The lowest BCUT2D eigenvalue weighted by molar-refractivity contribution is 0.486. The molecule has 0 aliphatic heterocycles. The van der Waals surface area contributed by atoms with Crippen molar-refractivity contribution in [1.82, 2.24) is 19.9 Å². The minimum Gasteiger partial charge on any atom is -0.454 e. The van der Waals surface area contributed by atoms with Gasteiger partial charge in [-0.15, -0.1) is 0 Å². The molecule has 31 heavy (non-hydrogen) atoms. The third kappa shape index (κ3) is 3.73. The number of benzene rings is 1. The van der Waals surface area contributed by atoms with E-state index < -0.39 is 0 Å². The molecule has 4 aromatic heterocycles. The summed E-state index contributed by atoms with van der Waals surface area (Å²) in [5.74, 6) is 1.39. The molecule has 150 valence electrons. The van der Waals surface area contributed by atoms with E-state index in [1.54, 1.807) is 18.6 Å². The largest absolute Gasteiger partial charge is 0.454 e. The van der Waals surface area contributed by atoms with Crippen LogP contribution in [0.5, 0.6) is 11.5 Å². The van der Waals surface area contributed by atoms with Gasteiger partial charge in [-0.25, -0.2) is 4.98 Å². The first-order valence-electron chi connectivity index (χ1n) is 10.1. The van der Waals surface area contributed by atoms with E-state index in [4.69, 9.17) is 9.72 Å². The smallest absolute Gasteiger partial charge is 0.155 e. The maximum absolute atomic E-state index is 6.45. The van der Waals surface area contributed by atoms with Crippen LogP contribution in [0.25, 0.3) is 33.4 Å². The van der Waals surface area contributed by atoms with Crippen LogP contribution in [0.1, 0.15) is 11.3 Å². The number of pyridine rings is 4. The first kappa shape index (κ1) is 18.9. The van der Waals surface area contributed by atoms with Crippen LogP contribution in [-0.4, -0.2) is 19.9 Å². The van der Waals surface area contributed by atoms with Crippen molar-refractivity contribution in [2.24, 2.45) is 0 Å². The molecule has 4 heterocycles. The van der Waals surface area contributed by atoms with E-state index in [2.05, 4.69) is 21.0 Å². The predicted octanol–water partition coefficient (Wildman–Crippen LogP) is 6.16. The average molecular weight is 404 g/mol. The molecule has 0 bridgehead atoms. The summed E-state index contributed by atoms with van der Waals surface area (Å²) in [5.41, 5.74) is 6.46. The minimum atomic E-state index is 0.668. The first-order chi connectivity index (χ1) is 15.2. The van der Waals surface area contributed by atoms with Gasteiger partial charge >= 0.3 is 0 Å². The summed E-state index contributed by atoms with van der Waals surface area (Å²) < 4.78 is 6.45. The molecule has 0 radical (unpaired) electrons. The molecule has 0 atom stereocenters. The Balaban J connectivity index is 1.64.